The van der Waals surface area contributed by atoms with Crippen LogP contribution in [0.2, 0.25) is 0 Å². The minimum absolute atomic E-state index is 0.212. The molecule has 1 aromatic rings. The molecule has 0 heterocycles. The first-order valence-corrected chi connectivity index (χ1v) is 6.94. The average molecular weight is 248 g/mol. The fourth-order valence-electron chi connectivity index (χ4n) is 1.73. The van der Waals surface area contributed by atoms with E-state index >= 15 is 0 Å². The molecule has 0 atom stereocenters. The highest BCUT2D eigenvalue weighted by Gasteiger charge is 2.25. The standard InChI is InChI=1S/C15H22O.C2H6/c1-11(2)10-13-6-8-14(9-7-13)15(4,5)12(3)16;1-2/h6-9,11H,10H2,1-5H3;1-2H3. The summed E-state index contributed by atoms with van der Waals surface area (Å²) in [5.74, 6) is 0.885. The highest BCUT2D eigenvalue weighted by Crippen LogP contribution is 2.24. The van der Waals surface area contributed by atoms with Gasteiger partial charge in [0.2, 0.25) is 0 Å². The second-order valence-electron chi connectivity index (χ2n) is 5.48. The molecule has 0 radical (unpaired) electrons. The zero-order chi connectivity index (χ0) is 14.3. The molecule has 1 nitrogen and oxygen atoms in total. The van der Waals surface area contributed by atoms with Gasteiger partial charge in [0.05, 0.1) is 0 Å². The summed E-state index contributed by atoms with van der Waals surface area (Å²) in [7, 11) is 0. The maximum absolute atomic E-state index is 11.5. The van der Waals surface area contributed by atoms with Gasteiger partial charge in [-0.1, -0.05) is 52.0 Å². The van der Waals surface area contributed by atoms with Crippen molar-refractivity contribution < 1.29 is 4.79 Å². The van der Waals surface area contributed by atoms with Crippen molar-refractivity contribution in [3.8, 4) is 0 Å². The molecule has 0 unspecified atom stereocenters. The van der Waals surface area contributed by atoms with E-state index in [2.05, 4.69) is 38.1 Å². The van der Waals surface area contributed by atoms with Crippen LogP contribution in [0.1, 0.15) is 59.6 Å². The summed E-state index contributed by atoms with van der Waals surface area (Å²) in [6.07, 6.45) is 1.10. The maximum Gasteiger partial charge on any atom is 0.139 e. The molecule has 0 aliphatic carbocycles. The van der Waals surface area contributed by atoms with Crippen LogP contribution >= 0.6 is 0 Å². The molecule has 0 bridgehead atoms. The van der Waals surface area contributed by atoms with Gasteiger partial charge in [-0.2, -0.15) is 0 Å². The summed E-state index contributed by atoms with van der Waals surface area (Å²) < 4.78 is 0. The Morgan fingerprint density at radius 2 is 1.56 bits per heavy atom. The van der Waals surface area contributed by atoms with Crippen molar-refractivity contribution in [2.45, 2.75) is 60.3 Å². The Balaban J connectivity index is 0.00000137. The molecular weight excluding hydrogens is 220 g/mol. The molecule has 0 N–H and O–H groups in total. The first kappa shape index (κ1) is 16.9. The Hall–Kier alpha value is -1.11. The van der Waals surface area contributed by atoms with Crippen LogP contribution in [0.5, 0.6) is 0 Å². The van der Waals surface area contributed by atoms with Crippen LogP contribution in [0.15, 0.2) is 24.3 Å². The summed E-state index contributed by atoms with van der Waals surface area (Å²) in [5, 5.41) is 0. The molecule has 1 aromatic carbocycles. The van der Waals surface area contributed by atoms with Crippen molar-refractivity contribution in [2.75, 3.05) is 0 Å². The van der Waals surface area contributed by atoms with Gasteiger partial charge in [0, 0.05) is 5.41 Å². The van der Waals surface area contributed by atoms with Gasteiger partial charge in [-0.15, -0.1) is 0 Å². The van der Waals surface area contributed by atoms with Gasteiger partial charge in [-0.25, -0.2) is 0 Å². The van der Waals surface area contributed by atoms with E-state index in [9.17, 15) is 4.79 Å². The van der Waals surface area contributed by atoms with Crippen molar-refractivity contribution in [2.24, 2.45) is 5.92 Å². The summed E-state index contributed by atoms with van der Waals surface area (Å²) in [5.41, 5.74) is 2.08. The monoisotopic (exact) mass is 248 g/mol. The fourth-order valence-corrected chi connectivity index (χ4v) is 1.73. The highest BCUT2D eigenvalue weighted by molar-refractivity contribution is 5.87. The van der Waals surface area contributed by atoms with Crippen LogP contribution in [0.4, 0.5) is 0 Å². The number of rotatable bonds is 4. The number of ketones is 1. The summed E-state index contributed by atoms with van der Waals surface area (Å²) in [6, 6.07) is 8.44. The topological polar surface area (TPSA) is 17.1 Å². The number of carbonyl (C=O) groups is 1. The van der Waals surface area contributed by atoms with E-state index in [1.54, 1.807) is 6.92 Å². The zero-order valence-corrected chi connectivity index (χ0v) is 13.0. The molecule has 1 heteroatoms. The van der Waals surface area contributed by atoms with Crippen LogP contribution < -0.4 is 0 Å². The average Bonchev–Trinajstić information content (AvgIpc) is 2.31. The minimum Gasteiger partial charge on any atom is -0.299 e. The largest absolute Gasteiger partial charge is 0.299 e. The summed E-state index contributed by atoms with van der Waals surface area (Å²) >= 11 is 0. The normalized spacial score (nSPS) is 10.9. The molecule has 18 heavy (non-hydrogen) atoms. The van der Waals surface area contributed by atoms with E-state index in [0.717, 1.165) is 12.0 Å². The van der Waals surface area contributed by atoms with E-state index in [1.165, 1.54) is 5.56 Å². The van der Waals surface area contributed by atoms with Gasteiger partial charge >= 0.3 is 0 Å². The molecule has 0 aliphatic rings. The number of carbonyl (C=O) groups excluding carboxylic acids is 1. The molecular formula is C17H28O. The second-order valence-corrected chi connectivity index (χ2v) is 5.48. The molecule has 0 amide bonds. The first-order valence-electron chi connectivity index (χ1n) is 6.94. The Morgan fingerprint density at radius 1 is 1.11 bits per heavy atom. The van der Waals surface area contributed by atoms with Crippen molar-refractivity contribution in [3.63, 3.8) is 0 Å². The molecule has 0 spiro atoms. The van der Waals surface area contributed by atoms with Gasteiger partial charge < -0.3 is 0 Å². The molecule has 0 saturated heterocycles. The van der Waals surface area contributed by atoms with Gasteiger partial charge in [-0.05, 0) is 44.2 Å². The lowest BCUT2D eigenvalue weighted by atomic mass is 9.81. The maximum atomic E-state index is 11.5. The van der Waals surface area contributed by atoms with Gasteiger partial charge in [0.1, 0.15) is 5.78 Å². The van der Waals surface area contributed by atoms with Crippen molar-refractivity contribution in [1.82, 2.24) is 0 Å². The van der Waals surface area contributed by atoms with E-state index in [1.807, 2.05) is 27.7 Å². The fraction of sp³-hybridized carbons (Fsp3) is 0.588. The molecule has 0 aliphatic heterocycles. The predicted octanol–water partition coefficient (Wildman–Crippen LogP) is 4.78. The van der Waals surface area contributed by atoms with Gasteiger partial charge in [0.15, 0.2) is 0 Å². The molecule has 0 fully saturated rings. The van der Waals surface area contributed by atoms with E-state index < -0.39 is 0 Å². The zero-order valence-electron chi connectivity index (χ0n) is 13.0. The summed E-state index contributed by atoms with van der Waals surface area (Å²) in [4.78, 5) is 11.5. The third kappa shape index (κ3) is 4.64. The van der Waals surface area contributed by atoms with Crippen molar-refractivity contribution in [3.05, 3.63) is 35.4 Å². The second kappa shape index (κ2) is 7.35. The Kier molecular flexibility index (Phi) is 6.90. The lowest BCUT2D eigenvalue weighted by Crippen LogP contribution is -2.26. The molecule has 0 aromatic heterocycles. The van der Waals surface area contributed by atoms with Crippen LogP contribution in [-0.2, 0) is 16.6 Å². The third-order valence-electron chi connectivity index (χ3n) is 3.20. The number of hydrogen-bond donors (Lipinski definition) is 0. The summed E-state index contributed by atoms with van der Waals surface area (Å²) in [6.45, 7) is 14.0. The smallest absolute Gasteiger partial charge is 0.139 e. The predicted molar refractivity (Wildman–Crippen MR) is 80.0 cm³/mol. The minimum atomic E-state index is -0.365. The van der Waals surface area contributed by atoms with E-state index in [0.29, 0.717) is 5.92 Å². The third-order valence-corrected chi connectivity index (χ3v) is 3.20. The Bertz CT molecular complexity index is 358. The first-order chi connectivity index (χ1) is 8.34. The lowest BCUT2D eigenvalue weighted by molar-refractivity contribution is -0.121. The number of Topliss-reactive ketones (excluding diaryl/α,β-unsaturated/α-hetero) is 1. The van der Waals surface area contributed by atoms with Crippen LogP contribution in [0.25, 0.3) is 0 Å². The lowest BCUT2D eigenvalue weighted by Gasteiger charge is -2.22. The molecule has 102 valence electrons. The molecule has 1 rings (SSSR count). The molecule has 0 saturated carbocycles. The highest BCUT2D eigenvalue weighted by atomic mass is 16.1. The van der Waals surface area contributed by atoms with E-state index in [4.69, 9.17) is 0 Å². The van der Waals surface area contributed by atoms with Gasteiger partial charge in [0.25, 0.3) is 0 Å². The number of hydrogen-bond acceptors (Lipinski definition) is 1. The van der Waals surface area contributed by atoms with Crippen LogP contribution in [0.3, 0.4) is 0 Å². The Morgan fingerprint density at radius 3 is 1.89 bits per heavy atom. The van der Waals surface area contributed by atoms with Crippen molar-refractivity contribution in [1.29, 1.82) is 0 Å². The number of benzene rings is 1. The Labute approximate surface area is 113 Å². The van der Waals surface area contributed by atoms with Crippen LogP contribution in [-0.4, -0.2) is 5.78 Å². The van der Waals surface area contributed by atoms with Crippen molar-refractivity contribution >= 4 is 5.78 Å². The van der Waals surface area contributed by atoms with Gasteiger partial charge in [-0.3, -0.25) is 4.79 Å². The quantitative estimate of drug-likeness (QED) is 0.749. The van der Waals surface area contributed by atoms with Crippen LogP contribution in [0, 0.1) is 5.92 Å². The van der Waals surface area contributed by atoms with E-state index in [-0.39, 0.29) is 11.2 Å². The SMILES string of the molecule is CC.CC(=O)C(C)(C)c1ccc(CC(C)C)cc1.